The maximum Gasteiger partial charge on any atom is 0.291 e. The maximum absolute atomic E-state index is 12.0. The average molecular weight is 390 g/mol. The van der Waals surface area contributed by atoms with Gasteiger partial charge in [-0.2, -0.15) is 4.98 Å². The number of anilines is 1. The SMILES string of the molecule is Cc1ccc(-c2nc(-c3ccc(NC(=O)c4ccco4)cc3)no2)cc1[N+](=O)[O-]. The van der Waals surface area contributed by atoms with E-state index in [2.05, 4.69) is 15.5 Å². The quantitative estimate of drug-likeness (QED) is 0.394. The Kier molecular flexibility index (Phi) is 4.62. The fraction of sp³-hybridized carbons (Fsp3) is 0.0500. The molecule has 144 valence electrons. The van der Waals surface area contributed by atoms with E-state index in [-0.39, 0.29) is 23.2 Å². The van der Waals surface area contributed by atoms with Crippen LogP contribution in [0.25, 0.3) is 22.8 Å². The van der Waals surface area contributed by atoms with Crippen molar-refractivity contribution in [3.05, 3.63) is 82.3 Å². The molecule has 1 amide bonds. The van der Waals surface area contributed by atoms with Crippen LogP contribution in [0.4, 0.5) is 11.4 Å². The van der Waals surface area contributed by atoms with E-state index in [1.807, 2.05) is 0 Å². The topological polar surface area (TPSA) is 124 Å². The van der Waals surface area contributed by atoms with Gasteiger partial charge in [0.15, 0.2) is 5.76 Å². The number of furan rings is 1. The van der Waals surface area contributed by atoms with Gasteiger partial charge in [-0.15, -0.1) is 0 Å². The molecule has 2 heterocycles. The minimum absolute atomic E-state index is 0.0149. The Labute approximate surface area is 164 Å². The highest BCUT2D eigenvalue weighted by molar-refractivity contribution is 6.02. The predicted octanol–water partition coefficient (Wildman–Crippen LogP) is 4.47. The summed E-state index contributed by atoms with van der Waals surface area (Å²) in [5, 5.41) is 17.8. The zero-order valence-electron chi connectivity index (χ0n) is 15.2. The van der Waals surface area contributed by atoms with Crippen molar-refractivity contribution in [1.82, 2.24) is 10.1 Å². The van der Waals surface area contributed by atoms with Crippen molar-refractivity contribution in [2.45, 2.75) is 6.92 Å². The number of aryl methyl sites for hydroxylation is 1. The second kappa shape index (κ2) is 7.39. The molecule has 0 spiro atoms. The second-order valence-electron chi connectivity index (χ2n) is 6.19. The molecule has 0 unspecified atom stereocenters. The van der Waals surface area contributed by atoms with Crippen molar-refractivity contribution in [3.63, 3.8) is 0 Å². The molecule has 0 aliphatic rings. The molecular weight excluding hydrogens is 376 g/mol. The van der Waals surface area contributed by atoms with Crippen LogP contribution in [0.5, 0.6) is 0 Å². The molecule has 1 N–H and O–H groups in total. The number of hydrogen-bond acceptors (Lipinski definition) is 7. The Hall–Kier alpha value is -4.27. The van der Waals surface area contributed by atoms with E-state index in [0.29, 0.717) is 28.2 Å². The van der Waals surface area contributed by atoms with E-state index in [4.69, 9.17) is 8.94 Å². The molecule has 29 heavy (non-hydrogen) atoms. The molecule has 0 bridgehead atoms. The summed E-state index contributed by atoms with van der Waals surface area (Å²) < 4.78 is 10.3. The van der Waals surface area contributed by atoms with Gasteiger partial charge in [0.2, 0.25) is 5.82 Å². The summed E-state index contributed by atoms with van der Waals surface area (Å²) in [6.45, 7) is 1.66. The average Bonchev–Trinajstić information content (AvgIpc) is 3.41. The molecule has 0 radical (unpaired) electrons. The summed E-state index contributed by atoms with van der Waals surface area (Å²) in [4.78, 5) is 27.0. The van der Waals surface area contributed by atoms with Gasteiger partial charge in [-0.25, -0.2) is 0 Å². The minimum atomic E-state index is -0.453. The lowest BCUT2D eigenvalue weighted by molar-refractivity contribution is -0.385. The molecule has 0 saturated carbocycles. The van der Waals surface area contributed by atoms with Gasteiger partial charge in [0.25, 0.3) is 17.5 Å². The Balaban J connectivity index is 1.53. The number of benzene rings is 2. The third-order valence-electron chi connectivity index (χ3n) is 4.22. The molecule has 0 fully saturated rings. The monoisotopic (exact) mass is 390 g/mol. The minimum Gasteiger partial charge on any atom is -0.459 e. The second-order valence-corrected chi connectivity index (χ2v) is 6.19. The number of nitro benzene ring substituents is 1. The Morgan fingerprint density at radius 2 is 1.86 bits per heavy atom. The van der Waals surface area contributed by atoms with Crippen molar-refractivity contribution >= 4 is 17.3 Å². The van der Waals surface area contributed by atoms with Gasteiger partial charge < -0.3 is 14.3 Å². The van der Waals surface area contributed by atoms with Crippen LogP contribution in [0.1, 0.15) is 16.1 Å². The lowest BCUT2D eigenvalue weighted by atomic mass is 10.1. The van der Waals surface area contributed by atoms with E-state index >= 15 is 0 Å². The van der Waals surface area contributed by atoms with Crippen LogP contribution in [0.3, 0.4) is 0 Å². The highest BCUT2D eigenvalue weighted by Crippen LogP contribution is 2.28. The maximum atomic E-state index is 12.0. The van der Waals surface area contributed by atoms with Crippen LogP contribution in [0.15, 0.2) is 69.8 Å². The van der Waals surface area contributed by atoms with Gasteiger partial charge in [-0.3, -0.25) is 14.9 Å². The van der Waals surface area contributed by atoms with E-state index in [0.717, 1.165) is 0 Å². The first-order valence-corrected chi connectivity index (χ1v) is 8.55. The van der Waals surface area contributed by atoms with Gasteiger partial charge in [0.1, 0.15) is 0 Å². The molecule has 0 saturated heterocycles. The highest BCUT2D eigenvalue weighted by Gasteiger charge is 2.16. The first kappa shape index (κ1) is 18.1. The van der Waals surface area contributed by atoms with Crippen molar-refractivity contribution in [3.8, 4) is 22.8 Å². The third kappa shape index (κ3) is 3.74. The number of amides is 1. The lowest BCUT2D eigenvalue weighted by Crippen LogP contribution is -2.10. The Bertz CT molecular complexity index is 1180. The summed E-state index contributed by atoms with van der Waals surface area (Å²) in [5.41, 5.74) is 2.23. The smallest absolute Gasteiger partial charge is 0.291 e. The summed E-state index contributed by atoms with van der Waals surface area (Å²) in [6.07, 6.45) is 1.43. The van der Waals surface area contributed by atoms with Gasteiger partial charge in [-0.1, -0.05) is 11.2 Å². The molecule has 4 aromatic rings. The van der Waals surface area contributed by atoms with Crippen LogP contribution in [-0.4, -0.2) is 21.0 Å². The molecule has 0 aliphatic carbocycles. The van der Waals surface area contributed by atoms with Crippen molar-refractivity contribution in [1.29, 1.82) is 0 Å². The van der Waals surface area contributed by atoms with Crippen molar-refractivity contribution < 1.29 is 18.7 Å². The number of carbonyl (C=O) groups excluding carboxylic acids is 1. The van der Waals surface area contributed by atoms with Gasteiger partial charge in [0.05, 0.1) is 11.2 Å². The highest BCUT2D eigenvalue weighted by atomic mass is 16.6. The lowest BCUT2D eigenvalue weighted by Gasteiger charge is -2.03. The fourth-order valence-corrected chi connectivity index (χ4v) is 2.70. The predicted molar refractivity (Wildman–Crippen MR) is 103 cm³/mol. The van der Waals surface area contributed by atoms with Crippen LogP contribution >= 0.6 is 0 Å². The fourth-order valence-electron chi connectivity index (χ4n) is 2.70. The number of aromatic nitrogens is 2. The zero-order valence-corrected chi connectivity index (χ0v) is 15.2. The number of nitrogens with zero attached hydrogens (tertiary/aromatic N) is 3. The summed E-state index contributed by atoms with van der Waals surface area (Å²) >= 11 is 0. The van der Waals surface area contributed by atoms with Crippen molar-refractivity contribution in [2.75, 3.05) is 5.32 Å². The molecule has 9 nitrogen and oxygen atoms in total. The third-order valence-corrected chi connectivity index (χ3v) is 4.22. The molecule has 0 aliphatic heterocycles. The summed E-state index contributed by atoms with van der Waals surface area (Å²) in [7, 11) is 0. The van der Waals surface area contributed by atoms with Gasteiger partial charge in [-0.05, 0) is 49.4 Å². The van der Waals surface area contributed by atoms with Crippen LogP contribution in [0, 0.1) is 17.0 Å². The van der Waals surface area contributed by atoms with Crippen LogP contribution < -0.4 is 5.32 Å². The molecule has 2 aromatic heterocycles. The molecule has 9 heteroatoms. The van der Waals surface area contributed by atoms with E-state index in [9.17, 15) is 14.9 Å². The molecule has 0 atom stereocenters. The Morgan fingerprint density at radius 3 is 2.55 bits per heavy atom. The molecule has 4 rings (SSSR count). The zero-order chi connectivity index (χ0) is 20.4. The van der Waals surface area contributed by atoms with E-state index in [1.165, 1.54) is 12.3 Å². The largest absolute Gasteiger partial charge is 0.459 e. The standard InChI is InChI=1S/C20H14N4O5/c1-12-4-5-14(11-16(12)24(26)27)20-22-18(23-29-20)13-6-8-15(9-7-13)21-19(25)17-3-2-10-28-17/h2-11H,1H3,(H,21,25). The number of rotatable bonds is 5. The normalized spacial score (nSPS) is 10.7. The number of carbonyl (C=O) groups is 1. The number of hydrogen-bond donors (Lipinski definition) is 1. The van der Waals surface area contributed by atoms with E-state index in [1.54, 1.807) is 55.5 Å². The van der Waals surface area contributed by atoms with Gasteiger partial charge in [0, 0.05) is 28.4 Å². The van der Waals surface area contributed by atoms with Gasteiger partial charge >= 0.3 is 0 Å². The molecule has 2 aromatic carbocycles. The van der Waals surface area contributed by atoms with Crippen LogP contribution in [0.2, 0.25) is 0 Å². The summed E-state index contributed by atoms with van der Waals surface area (Å²) in [5.74, 6) is 0.361. The first-order valence-electron chi connectivity index (χ1n) is 8.55. The molecular formula is C20H14N4O5. The number of nitrogens with one attached hydrogen (secondary N) is 1. The number of nitro groups is 1. The summed E-state index contributed by atoms with van der Waals surface area (Å²) in [6, 6.07) is 14.8. The van der Waals surface area contributed by atoms with Crippen molar-refractivity contribution in [2.24, 2.45) is 0 Å². The Morgan fingerprint density at radius 1 is 1.10 bits per heavy atom. The van der Waals surface area contributed by atoms with E-state index < -0.39 is 4.92 Å². The van der Waals surface area contributed by atoms with Crippen LogP contribution in [-0.2, 0) is 0 Å². The first-order chi connectivity index (χ1) is 14.0.